The fourth-order valence-electron chi connectivity index (χ4n) is 1.95. The normalized spacial score (nSPS) is 10.3. The number of carbonyl (C=O) groups excluding carboxylic acids is 2. The van der Waals surface area contributed by atoms with E-state index in [4.69, 9.17) is 0 Å². The second kappa shape index (κ2) is 4.49. The van der Waals surface area contributed by atoms with Crippen LogP contribution in [0.25, 0.3) is 10.8 Å². The Morgan fingerprint density at radius 3 is 2.50 bits per heavy atom. The van der Waals surface area contributed by atoms with Crippen LogP contribution in [0.15, 0.2) is 30.3 Å². The summed E-state index contributed by atoms with van der Waals surface area (Å²) in [6.45, 7) is 1.91. The summed E-state index contributed by atoms with van der Waals surface area (Å²) in [7, 11) is 1.21. The van der Waals surface area contributed by atoms with E-state index in [0.717, 1.165) is 10.9 Å². The molecule has 4 heteroatoms. The van der Waals surface area contributed by atoms with Crippen molar-refractivity contribution < 1.29 is 19.4 Å². The Bertz CT molecular complexity index is 644. The second-order valence-electron chi connectivity index (χ2n) is 3.99. The minimum atomic E-state index is -1.38. The van der Waals surface area contributed by atoms with Gasteiger partial charge < -0.3 is 14.6 Å². The standard InChI is InChI=1S/C14H12O4/c1-8-3-5-10-9(7-8)4-6-11(14(17)18-2)12(10)13(15)16/h3-7H,1-2H3,(H,15,16)/p-1. The first kappa shape index (κ1) is 12.1. The molecule has 0 amide bonds. The molecule has 0 radical (unpaired) electrons. The van der Waals surface area contributed by atoms with E-state index in [2.05, 4.69) is 4.74 Å². The third kappa shape index (κ3) is 1.93. The predicted molar refractivity (Wildman–Crippen MR) is 64.4 cm³/mol. The Hall–Kier alpha value is -2.36. The van der Waals surface area contributed by atoms with Gasteiger partial charge in [0.2, 0.25) is 0 Å². The summed E-state index contributed by atoms with van der Waals surface area (Å²) < 4.78 is 4.57. The molecule has 0 aliphatic carbocycles. The van der Waals surface area contributed by atoms with Gasteiger partial charge in [-0.25, -0.2) is 4.79 Å². The molecule has 0 heterocycles. The van der Waals surface area contributed by atoms with Gasteiger partial charge in [0.25, 0.3) is 0 Å². The molecule has 4 nitrogen and oxygen atoms in total. The van der Waals surface area contributed by atoms with E-state index in [9.17, 15) is 14.7 Å². The maximum Gasteiger partial charge on any atom is 0.338 e. The number of carboxylic acid groups (broad SMARTS) is 1. The van der Waals surface area contributed by atoms with E-state index in [1.165, 1.54) is 13.2 Å². The SMILES string of the molecule is COC(=O)c1ccc2cc(C)ccc2c1C(=O)[O-]. The lowest BCUT2D eigenvalue weighted by Crippen LogP contribution is -2.25. The van der Waals surface area contributed by atoms with Crippen LogP contribution < -0.4 is 5.11 Å². The lowest BCUT2D eigenvalue weighted by atomic mass is 9.97. The molecule has 2 aromatic rings. The van der Waals surface area contributed by atoms with Crippen LogP contribution in [0.1, 0.15) is 26.3 Å². The largest absolute Gasteiger partial charge is 0.545 e. The van der Waals surface area contributed by atoms with Crippen LogP contribution in [-0.4, -0.2) is 19.0 Å². The number of esters is 1. The van der Waals surface area contributed by atoms with Crippen LogP contribution in [0.2, 0.25) is 0 Å². The smallest absolute Gasteiger partial charge is 0.338 e. The highest BCUT2D eigenvalue weighted by atomic mass is 16.5. The molecule has 18 heavy (non-hydrogen) atoms. The van der Waals surface area contributed by atoms with Gasteiger partial charge >= 0.3 is 5.97 Å². The van der Waals surface area contributed by atoms with Crippen molar-refractivity contribution in [3.05, 3.63) is 47.0 Å². The van der Waals surface area contributed by atoms with Crippen molar-refractivity contribution in [3.63, 3.8) is 0 Å². The molecule has 0 atom stereocenters. The number of fused-ring (bicyclic) bond motifs is 1. The average Bonchev–Trinajstić information content (AvgIpc) is 2.35. The lowest BCUT2D eigenvalue weighted by Gasteiger charge is -2.12. The summed E-state index contributed by atoms with van der Waals surface area (Å²) in [5.41, 5.74) is 0.894. The number of benzene rings is 2. The number of aryl methyl sites for hydroxylation is 1. The van der Waals surface area contributed by atoms with Crippen molar-refractivity contribution in [3.8, 4) is 0 Å². The van der Waals surface area contributed by atoms with Crippen molar-refractivity contribution in [2.45, 2.75) is 6.92 Å². The molecule has 0 spiro atoms. The van der Waals surface area contributed by atoms with Crippen molar-refractivity contribution in [1.29, 1.82) is 0 Å². The molecule has 0 N–H and O–H groups in total. The zero-order valence-corrected chi connectivity index (χ0v) is 10.0. The van der Waals surface area contributed by atoms with Crippen LogP contribution in [0, 0.1) is 6.92 Å². The van der Waals surface area contributed by atoms with E-state index < -0.39 is 11.9 Å². The Kier molecular flexibility index (Phi) is 3.02. The molecule has 0 fully saturated rings. The van der Waals surface area contributed by atoms with Gasteiger partial charge in [-0.05, 0) is 23.8 Å². The van der Waals surface area contributed by atoms with Crippen LogP contribution in [0.5, 0.6) is 0 Å². The molecular weight excluding hydrogens is 232 g/mol. The summed E-state index contributed by atoms with van der Waals surface area (Å²) in [5, 5.41) is 12.4. The Morgan fingerprint density at radius 2 is 1.89 bits per heavy atom. The number of carbonyl (C=O) groups is 2. The van der Waals surface area contributed by atoms with Crippen molar-refractivity contribution >= 4 is 22.7 Å². The molecule has 92 valence electrons. The highest BCUT2D eigenvalue weighted by Crippen LogP contribution is 2.24. The number of rotatable bonds is 2. The molecule has 0 aliphatic heterocycles. The lowest BCUT2D eigenvalue weighted by molar-refractivity contribution is -0.254. The van der Waals surface area contributed by atoms with Crippen molar-refractivity contribution in [1.82, 2.24) is 0 Å². The zero-order chi connectivity index (χ0) is 13.3. The van der Waals surface area contributed by atoms with Crippen molar-refractivity contribution in [2.75, 3.05) is 7.11 Å². The second-order valence-corrected chi connectivity index (χ2v) is 3.99. The van der Waals surface area contributed by atoms with Gasteiger partial charge in [-0.2, -0.15) is 0 Å². The first-order chi connectivity index (χ1) is 8.54. The number of hydrogen-bond donors (Lipinski definition) is 0. The molecule has 2 aromatic carbocycles. The van der Waals surface area contributed by atoms with E-state index in [-0.39, 0.29) is 11.1 Å². The summed E-state index contributed by atoms with van der Waals surface area (Å²) in [5.74, 6) is -2.07. The van der Waals surface area contributed by atoms with E-state index in [0.29, 0.717) is 5.39 Å². The molecule has 0 unspecified atom stereocenters. The summed E-state index contributed by atoms with van der Waals surface area (Å²) in [6.07, 6.45) is 0. The van der Waals surface area contributed by atoms with Crippen LogP contribution in [0.4, 0.5) is 0 Å². The highest BCUT2D eigenvalue weighted by molar-refractivity contribution is 6.11. The molecule has 0 aliphatic rings. The van der Waals surface area contributed by atoms with Gasteiger partial charge in [-0.15, -0.1) is 0 Å². The van der Waals surface area contributed by atoms with Gasteiger partial charge in [-0.1, -0.05) is 29.8 Å². The van der Waals surface area contributed by atoms with Gasteiger partial charge in [0.05, 0.1) is 18.6 Å². The molecular formula is C14H11O4-. The molecule has 0 aromatic heterocycles. The third-order valence-corrected chi connectivity index (χ3v) is 2.78. The van der Waals surface area contributed by atoms with E-state index >= 15 is 0 Å². The first-order valence-electron chi connectivity index (χ1n) is 5.37. The Labute approximate surface area is 104 Å². The first-order valence-corrected chi connectivity index (χ1v) is 5.37. The Balaban J connectivity index is 2.82. The summed E-state index contributed by atoms with van der Waals surface area (Å²) in [6, 6.07) is 8.45. The minimum absolute atomic E-state index is 0.00820. The highest BCUT2D eigenvalue weighted by Gasteiger charge is 2.15. The number of methoxy groups -OCH3 is 1. The van der Waals surface area contributed by atoms with Gasteiger partial charge in [0, 0.05) is 5.56 Å². The minimum Gasteiger partial charge on any atom is -0.545 e. The third-order valence-electron chi connectivity index (χ3n) is 2.78. The fraction of sp³-hybridized carbons (Fsp3) is 0.143. The monoisotopic (exact) mass is 243 g/mol. The average molecular weight is 243 g/mol. The van der Waals surface area contributed by atoms with Crippen LogP contribution in [0.3, 0.4) is 0 Å². The number of hydrogen-bond acceptors (Lipinski definition) is 4. The Morgan fingerprint density at radius 1 is 1.17 bits per heavy atom. The zero-order valence-electron chi connectivity index (χ0n) is 10.0. The number of ether oxygens (including phenoxy) is 1. The summed E-state index contributed by atoms with van der Waals surface area (Å²) >= 11 is 0. The quantitative estimate of drug-likeness (QED) is 0.745. The molecule has 2 rings (SSSR count). The molecule has 0 saturated heterocycles. The maximum atomic E-state index is 11.5. The van der Waals surface area contributed by atoms with Crippen LogP contribution in [-0.2, 0) is 4.74 Å². The maximum absolute atomic E-state index is 11.5. The molecule has 0 bridgehead atoms. The summed E-state index contributed by atoms with van der Waals surface area (Å²) in [4.78, 5) is 22.8. The topological polar surface area (TPSA) is 66.4 Å². The van der Waals surface area contributed by atoms with E-state index in [1.807, 2.05) is 13.0 Å². The molecule has 0 saturated carbocycles. The van der Waals surface area contributed by atoms with E-state index in [1.54, 1.807) is 18.2 Å². The van der Waals surface area contributed by atoms with Gasteiger partial charge in [0.1, 0.15) is 0 Å². The fourth-order valence-corrected chi connectivity index (χ4v) is 1.95. The van der Waals surface area contributed by atoms with Crippen LogP contribution >= 0.6 is 0 Å². The predicted octanol–water partition coefficient (Wildman–Crippen LogP) is 1.30. The number of carboxylic acids is 1. The number of aromatic carboxylic acids is 1. The van der Waals surface area contributed by atoms with Crippen molar-refractivity contribution in [2.24, 2.45) is 0 Å². The van der Waals surface area contributed by atoms with Gasteiger partial charge in [-0.3, -0.25) is 0 Å². The van der Waals surface area contributed by atoms with Gasteiger partial charge in [0.15, 0.2) is 0 Å².